The summed E-state index contributed by atoms with van der Waals surface area (Å²) in [6, 6.07) is 11.4. The van der Waals surface area contributed by atoms with Gasteiger partial charge in [0.2, 0.25) is 11.8 Å². The lowest BCUT2D eigenvalue weighted by atomic mass is 10.1. The smallest absolute Gasteiger partial charge is 0.243 e. The number of benzene rings is 2. The summed E-state index contributed by atoms with van der Waals surface area (Å²) in [5.41, 5.74) is 1.23. The number of hydrogen-bond acceptors (Lipinski definition) is 4. The van der Waals surface area contributed by atoms with Gasteiger partial charge in [0.25, 0.3) is 0 Å². The number of thioether (sulfide) groups is 1. The lowest BCUT2D eigenvalue weighted by molar-refractivity contribution is -0.139. The van der Waals surface area contributed by atoms with Gasteiger partial charge in [-0.1, -0.05) is 43.6 Å². The standard InChI is InChI=1S/C25H32ClFN2O3S/c1-5-17(3)28-25(31)23(6-2)29(14-18-9-7-10-19(13-18)32-4)24(30)16-33-15-20-21(26)11-8-12-22(20)27/h7-13,17,23H,5-6,14-16H2,1-4H3,(H,28,31)/t17-,23+/m1/s1. The second kappa shape index (κ2) is 13.5. The Bertz CT molecular complexity index is 923. The van der Waals surface area contributed by atoms with Crippen LogP contribution in [0.1, 0.15) is 44.7 Å². The number of halogens is 2. The molecule has 2 atom stereocenters. The van der Waals surface area contributed by atoms with Crippen LogP contribution in [-0.2, 0) is 21.9 Å². The van der Waals surface area contributed by atoms with Crippen LogP contribution < -0.4 is 10.1 Å². The van der Waals surface area contributed by atoms with Gasteiger partial charge in [-0.05, 0) is 49.6 Å². The molecule has 180 valence electrons. The fraction of sp³-hybridized carbons (Fsp3) is 0.440. The molecule has 0 aliphatic heterocycles. The molecule has 0 saturated heterocycles. The molecule has 2 aromatic rings. The number of hydrogen-bond donors (Lipinski definition) is 1. The Balaban J connectivity index is 2.20. The third-order valence-corrected chi connectivity index (χ3v) is 6.71. The van der Waals surface area contributed by atoms with Gasteiger partial charge in [0.1, 0.15) is 17.6 Å². The first-order valence-electron chi connectivity index (χ1n) is 11.0. The summed E-state index contributed by atoms with van der Waals surface area (Å²) in [6.07, 6.45) is 1.27. The molecule has 0 fully saturated rings. The van der Waals surface area contributed by atoms with Gasteiger partial charge in [-0.3, -0.25) is 9.59 Å². The van der Waals surface area contributed by atoms with Crippen molar-refractivity contribution in [3.8, 4) is 5.75 Å². The van der Waals surface area contributed by atoms with Crippen molar-refractivity contribution in [2.45, 2.75) is 58.0 Å². The number of amides is 2. The number of methoxy groups -OCH3 is 1. The molecule has 0 radical (unpaired) electrons. The second-order valence-electron chi connectivity index (χ2n) is 7.81. The molecule has 2 amide bonds. The van der Waals surface area contributed by atoms with E-state index < -0.39 is 11.9 Å². The molecule has 0 aliphatic carbocycles. The Kier molecular flexibility index (Phi) is 11.0. The second-order valence-corrected chi connectivity index (χ2v) is 9.20. The van der Waals surface area contributed by atoms with Gasteiger partial charge in [-0.15, -0.1) is 11.8 Å². The predicted molar refractivity (Wildman–Crippen MR) is 133 cm³/mol. The van der Waals surface area contributed by atoms with Crippen LogP contribution in [0.3, 0.4) is 0 Å². The first kappa shape index (κ1) is 27.0. The zero-order chi connectivity index (χ0) is 24.4. The van der Waals surface area contributed by atoms with Gasteiger partial charge in [-0.2, -0.15) is 0 Å². The van der Waals surface area contributed by atoms with Gasteiger partial charge in [-0.25, -0.2) is 4.39 Å². The van der Waals surface area contributed by atoms with Crippen molar-refractivity contribution in [3.63, 3.8) is 0 Å². The Morgan fingerprint density at radius 3 is 2.55 bits per heavy atom. The molecule has 2 rings (SSSR count). The molecular weight excluding hydrogens is 463 g/mol. The highest BCUT2D eigenvalue weighted by Gasteiger charge is 2.29. The van der Waals surface area contributed by atoms with Crippen molar-refractivity contribution >= 4 is 35.2 Å². The maximum atomic E-state index is 14.1. The highest BCUT2D eigenvalue weighted by Crippen LogP contribution is 2.25. The molecule has 1 N–H and O–H groups in total. The van der Waals surface area contributed by atoms with E-state index >= 15 is 0 Å². The van der Waals surface area contributed by atoms with Gasteiger partial charge in [0.05, 0.1) is 12.9 Å². The van der Waals surface area contributed by atoms with Crippen LogP contribution in [0.25, 0.3) is 0 Å². The summed E-state index contributed by atoms with van der Waals surface area (Å²) in [5, 5.41) is 3.33. The van der Waals surface area contributed by atoms with Crippen molar-refractivity contribution < 1.29 is 18.7 Å². The van der Waals surface area contributed by atoms with Crippen molar-refractivity contribution in [1.29, 1.82) is 0 Å². The third kappa shape index (κ3) is 7.93. The maximum Gasteiger partial charge on any atom is 0.243 e. The maximum absolute atomic E-state index is 14.1. The van der Waals surface area contributed by atoms with Crippen LogP contribution >= 0.6 is 23.4 Å². The van der Waals surface area contributed by atoms with E-state index in [0.717, 1.165) is 12.0 Å². The van der Waals surface area contributed by atoms with Crippen molar-refractivity contribution in [2.75, 3.05) is 12.9 Å². The third-order valence-electron chi connectivity index (χ3n) is 5.41. The van der Waals surface area contributed by atoms with E-state index in [9.17, 15) is 14.0 Å². The van der Waals surface area contributed by atoms with Gasteiger partial charge in [0.15, 0.2) is 0 Å². The minimum absolute atomic E-state index is 0.0119. The van der Waals surface area contributed by atoms with Crippen LogP contribution in [0.2, 0.25) is 5.02 Å². The van der Waals surface area contributed by atoms with Crippen LogP contribution in [0, 0.1) is 5.82 Å². The van der Waals surface area contributed by atoms with E-state index in [-0.39, 0.29) is 35.9 Å². The monoisotopic (exact) mass is 494 g/mol. The van der Waals surface area contributed by atoms with E-state index in [0.29, 0.717) is 22.8 Å². The molecular formula is C25H32ClFN2O3S. The number of carbonyl (C=O) groups excluding carboxylic acids is 2. The lowest BCUT2D eigenvalue weighted by Crippen LogP contribution is -2.51. The molecule has 0 unspecified atom stereocenters. The molecule has 0 heterocycles. The normalized spacial score (nSPS) is 12.7. The number of nitrogens with zero attached hydrogens (tertiary/aromatic N) is 1. The highest BCUT2D eigenvalue weighted by atomic mass is 35.5. The van der Waals surface area contributed by atoms with Gasteiger partial charge >= 0.3 is 0 Å². The summed E-state index contributed by atoms with van der Waals surface area (Å²) in [4.78, 5) is 27.9. The summed E-state index contributed by atoms with van der Waals surface area (Å²) in [6.45, 7) is 6.09. The molecule has 0 saturated carbocycles. The lowest BCUT2D eigenvalue weighted by Gasteiger charge is -2.31. The molecule has 0 aliphatic rings. The number of nitrogens with one attached hydrogen (secondary N) is 1. The van der Waals surface area contributed by atoms with Crippen molar-refractivity contribution in [1.82, 2.24) is 10.2 Å². The van der Waals surface area contributed by atoms with Crippen molar-refractivity contribution in [2.24, 2.45) is 0 Å². The molecule has 5 nitrogen and oxygen atoms in total. The fourth-order valence-electron chi connectivity index (χ4n) is 3.32. The first-order chi connectivity index (χ1) is 15.8. The van der Waals surface area contributed by atoms with Crippen LogP contribution in [0.15, 0.2) is 42.5 Å². The van der Waals surface area contributed by atoms with Crippen LogP contribution in [0.4, 0.5) is 4.39 Å². The minimum atomic E-state index is -0.615. The largest absolute Gasteiger partial charge is 0.497 e. The Hall–Kier alpha value is -2.25. The summed E-state index contributed by atoms with van der Waals surface area (Å²) in [5.74, 6) is 0.282. The molecule has 0 bridgehead atoms. The number of rotatable bonds is 12. The zero-order valence-electron chi connectivity index (χ0n) is 19.6. The Morgan fingerprint density at radius 1 is 1.18 bits per heavy atom. The van der Waals surface area contributed by atoms with E-state index in [4.69, 9.17) is 16.3 Å². The van der Waals surface area contributed by atoms with Crippen LogP contribution in [0.5, 0.6) is 5.75 Å². The van der Waals surface area contributed by atoms with E-state index in [1.165, 1.54) is 17.8 Å². The van der Waals surface area contributed by atoms with Crippen molar-refractivity contribution in [3.05, 3.63) is 64.4 Å². The summed E-state index contributed by atoms with van der Waals surface area (Å²) in [7, 11) is 1.58. The van der Waals surface area contributed by atoms with Gasteiger partial charge < -0.3 is 15.0 Å². The highest BCUT2D eigenvalue weighted by molar-refractivity contribution is 7.99. The predicted octanol–water partition coefficient (Wildman–Crippen LogP) is 5.44. The van der Waals surface area contributed by atoms with E-state index in [2.05, 4.69) is 5.32 Å². The topological polar surface area (TPSA) is 58.6 Å². The molecule has 0 spiro atoms. The van der Waals surface area contributed by atoms with Gasteiger partial charge in [0, 0.05) is 28.9 Å². The molecule has 2 aromatic carbocycles. The summed E-state index contributed by atoms with van der Waals surface area (Å²) < 4.78 is 19.4. The molecule has 33 heavy (non-hydrogen) atoms. The average molecular weight is 495 g/mol. The average Bonchev–Trinajstić information content (AvgIpc) is 2.80. The zero-order valence-corrected chi connectivity index (χ0v) is 21.1. The Morgan fingerprint density at radius 2 is 1.91 bits per heavy atom. The summed E-state index contributed by atoms with van der Waals surface area (Å²) >= 11 is 7.38. The van der Waals surface area contributed by atoms with Crippen LogP contribution in [-0.4, -0.2) is 41.7 Å². The quantitative estimate of drug-likeness (QED) is 0.426. The van der Waals surface area contributed by atoms with E-state index in [1.807, 2.05) is 45.0 Å². The minimum Gasteiger partial charge on any atom is -0.497 e. The fourth-order valence-corrected chi connectivity index (χ4v) is 4.57. The SMILES string of the molecule is CC[C@@H](C)NC(=O)[C@H](CC)N(Cc1cccc(OC)c1)C(=O)CSCc1c(F)cccc1Cl. The first-order valence-corrected chi connectivity index (χ1v) is 12.6. The Labute approximate surface area is 205 Å². The van der Waals surface area contributed by atoms with E-state index in [1.54, 1.807) is 24.1 Å². The molecule has 8 heteroatoms. The number of carbonyl (C=O) groups is 2. The molecule has 0 aromatic heterocycles. The number of ether oxygens (including phenoxy) is 1.